The Balaban J connectivity index is 0.00000243. The molecule has 1 amide bonds. The highest BCUT2D eigenvalue weighted by molar-refractivity contribution is 5.88. The van der Waals surface area contributed by atoms with Crippen LogP contribution in [0.15, 0.2) is 54.7 Å². The summed E-state index contributed by atoms with van der Waals surface area (Å²) < 4.78 is 0. The van der Waals surface area contributed by atoms with Crippen LogP contribution < -0.4 is 11.1 Å². The van der Waals surface area contributed by atoms with Gasteiger partial charge in [-0.15, -0.1) is 12.4 Å². The standard InChI is InChI=1S/C21H25N3O.ClH/c1-3-15-8-7-11-18-16(14-24-19(15)18)12-13-23-20(25)21(2,22)17-9-5-4-6-10-17;/h4-11,14,24H,3,12-13,22H2,1-2H3,(H,23,25);1H. The molecule has 1 aromatic heterocycles. The Hall–Kier alpha value is -2.30. The Kier molecular flexibility index (Phi) is 6.46. The summed E-state index contributed by atoms with van der Waals surface area (Å²) in [7, 11) is 0. The summed E-state index contributed by atoms with van der Waals surface area (Å²) in [6, 6.07) is 15.8. The number of nitrogens with one attached hydrogen (secondary N) is 2. The quantitative estimate of drug-likeness (QED) is 0.618. The second-order valence-corrected chi connectivity index (χ2v) is 6.58. The molecule has 0 fully saturated rings. The van der Waals surface area contributed by atoms with E-state index in [1.807, 2.05) is 36.5 Å². The lowest BCUT2D eigenvalue weighted by molar-refractivity contribution is -0.126. The first-order valence-electron chi connectivity index (χ1n) is 8.74. The highest BCUT2D eigenvalue weighted by Gasteiger charge is 2.29. The summed E-state index contributed by atoms with van der Waals surface area (Å²) in [5.41, 5.74) is 9.75. The second kappa shape index (κ2) is 8.39. The number of carbonyl (C=O) groups is 1. The molecule has 0 spiro atoms. The smallest absolute Gasteiger partial charge is 0.244 e. The van der Waals surface area contributed by atoms with E-state index in [0.29, 0.717) is 6.54 Å². The number of rotatable bonds is 6. The number of H-pyrrole nitrogens is 1. The van der Waals surface area contributed by atoms with Crippen LogP contribution in [0.2, 0.25) is 0 Å². The number of carbonyl (C=O) groups excluding carboxylic acids is 1. The maximum atomic E-state index is 12.5. The summed E-state index contributed by atoms with van der Waals surface area (Å²) in [5.74, 6) is -0.159. The first-order chi connectivity index (χ1) is 12.0. The average Bonchev–Trinajstić information content (AvgIpc) is 3.05. The van der Waals surface area contributed by atoms with Gasteiger partial charge in [0.2, 0.25) is 5.91 Å². The molecule has 2 aromatic carbocycles. The van der Waals surface area contributed by atoms with Gasteiger partial charge in [-0.25, -0.2) is 0 Å². The number of aromatic amines is 1. The summed E-state index contributed by atoms with van der Waals surface area (Å²) in [6.45, 7) is 4.46. The van der Waals surface area contributed by atoms with E-state index >= 15 is 0 Å². The van der Waals surface area contributed by atoms with Gasteiger partial charge in [-0.1, -0.05) is 55.5 Å². The molecule has 1 atom stereocenters. The minimum Gasteiger partial charge on any atom is -0.361 e. The van der Waals surface area contributed by atoms with Gasteiger partial charge in [-0.3, -0.25) is 4.79 Å². The molecule has 0 radical (unpaired) electrons. The number of hydrogen-bond donors (Lipinski definition) is 3. The maximum Gasteiger partial charge on any atom is 0.244 e. The predicted octanol–water partition coefficient (Wildman–Crippen LogP) is 3.68. The van der Waals surface area contributed by atoms with E-state index in [-0.39, 0.29) is 18.3 Å². The van der Waals surface area contributed by atoms with Crippen LogP contribution in [0.3, 0.4) is 0 Å². The van der Waals surface area contributed by atoms with Crippen molar-refractivity contribution in [3.8, 4) is 0 Å². The molecule has 26 heavy (non-hydrogen) atoms. The molecule has 4 N–H and O–H groups in total. The topological polar surface area (TPSA) is 70.9 Å². The number of para-hydroxylation sites is 1. The number of fused-ring (bicyclic) bond motifs is 1. The molecule has 0 saturated carbocycles. The zero-order chi connectivity index (χ0) is 17.9. The van der Waals surface area contributed by atoms with Crippen LogP contribution in [0, 0.1) is 0 Å². The lowest BCUT2D eigenvalue weighted by atomic mass is 9.92. The monoisotopic (exact) mass is 371 g/mol. The third-order valence-corrected chi connectivity index (χ3v) is 4.79. The van der Waals surface area contributed by atoms with Crippen LogP contribution in [0.1, 0.15) is 30.5 Å². The van der Waals surface area contributed by atoms with Gasteiger partial charge in [-0.05, 0) is 36.5 Å². The molecule has 3 aromatic rings. The van der Waals surface area contributed by atoms with Crippen LogP contribution in [0.5, 0.6) is 0 Å². The number of benzene rings is 2. The van der Waals surface area contributed by atoms with Gasteiger partial charge in [0.1, 0.15) is 5.54 Å². The molecule has 0 aliphatic heterocycles. The van der Waals surface area contributed by atoms with Crippen molar-refractivity contribution >= 4 is 29.2 Å². The van der Waals surface area contributed by atoms with Gasteiger partial charge in [0.25, 0.3) is 0 Å². The first kappa shape index (κ1) is 20.0. The molecule has 138 valence electrons. The molecule has 0 aliphatic rings. The van der Waals surface area contributed by atoms with Gasteiger partial charge in [0, 0.05) is 23.6 Å². The van der Waals surface area contributed by atoms with Crippen molar-refractivity contribution in [3.05, 3.63) is 71.4 Å². The average molecular weight is 372 g/mol. The van der Waals surface area contributed by atoms with Crippen LogP contribution in [0.4, 0.5) is 0 Å². The van der Waals surface area contributed by atoms with Crippen molar-refractivity contribution in [2.24, 2.45) is 5.73 Å². The van der Waals surface area contributed by atoms with Crippen molar-refractivity contribution < 1.29 is 4.79 Å². The molecular formula is C21H26ClN3O. The fourth-order valence-corrected chi connectivity index (χ4v) is 3.19. The highest BCUT2D eigenvalue weighted by atomic mass is 35.5. The Morgan fingerprint density at radius 2 is 1.85 bits per heavy atom. The van der Waals surface area contributed by atoms with Crippen molar-refractivity contribution in [3.63, 3.8) is 0 Å². The van der Waals surface area contributed by atoms with Gasteiger partial charge >= 0.3 is 0 Å². The molecule has 0 aliphatic carbocycles. The number of nitrogens with two attached hydrogens (primary N) is 1. The second-order valence-electron chi connectivity index (χ2n) is 6.58. The minimum absolute atomic E-state index is 0. The largest absolute Gasteiger partial charge is 0.361 e. The van der Waals surface area contributed by atoms with Gasteiger partial charge in [-0.2, -0.15) is 0 Å². The number of amides is 1. The Bertz CT molecular complexity index is 871. The lowest BCUT2D eigenvalue weighted by Gasteiger charge is -2.24. The van der Waals surface area contributed by atoms with Crippen molar-refractivity contribution in [1.82, 2.24) is 10.3 Å². The molecule has 3 rings (SSSR count). The van der Waals surface area contributed by atoms with Crippen LogP contribution in [0.25, 0.3) is 10.9 Å². The number of hydrogen-bond acceptors (Lipinski definition) is 2. The van der Waals surface area contributed by atoms with E-state index in [4.69, 9.17) is 5.73 Å². The van der Waals surface area contributed by atoms with Crippen LogP contribution >= 0.6 is 12.4 Å². The fourth-order valence-electron chi connectivity index (χ4n) is 3.19. The third kappa shape index (κ3) is 3.92. The van der Waals surface area contributed by atoms with Gasteiger partial charge in [0.15, 0.2) is 0 Å². The lowest BCUT2D eigenvalue weighted by Crippen LogP contribution is -2.49. The maximum absolute atomic E-state index is 12.5. The van der Waals surface area contributed by atoms with E-state index in [9.17, 15) is 4.79 Å². The summed E-state index contributed by atoms with van der Waals surface area (Å²) in [6.07, 6.45) is 3.80. The third-order valence-electron chi connectivity index (χ3n) is 4.79. The predicted molar refractivity (Wildman–Crippen MR) is 110 cm³/mol. The summed E-state index contributed by atoms with van der Waals surface area (Å²) in [5, 5.41) is 4.20. The number of halogens is 1. The zero-order valence-electron chi connectivity index (χ0n) is 15.2. The molecular weight excluding hydrogens is 346 g/mol. The Morgan fingerprint density at radius 3 is 2.54 bits per heavy atom. The SMILES string of the molecule is CCc1cccc2c(CCNC(=O)C(C)(N)c3ccccc3)c[nH]c12.Cl. The Morgan fingerprint density at radius 1 is 1.12 bits per heavy atom. The fraction of sp³-hybridized carbons (Fsp3) is 0.286. The molecule has 0 saturated heterocycles. The van der Waals surface area contributed by atoms with Crippen molar-refractivity contribution in [2.75, 3.05) is 6.54 Å². The van der Waals surface area contributed by atoms with E-state index in [1.54, 1.807) is 6.92 Å². The molecule has 0 bridgehead atoms. The summed E-state index contributed by atoms with van der Waals surface area (Å²) in [4.78, 5) is 15.9. The summed E-state index contributed by atoms with van der Waals surface area (Å²) >= 11 is 0. The molecule has 5 heteroatoms. The van der Waals surface area contributed by atoms with Gasteiger partial charge < -0.3 is 16.0 Å². The highest BCUT2D eigenvalue weighted by Crippen LogP contribution is 2.22. The number of aryl methyl sites for hydroxylation is 1. The minimum atomic E-state index is -1.03. The van der Waals surface area contributed by atoms with E-state index in [1.165, 1.54) is 22.0 Å². The van der Waals surface area contributed by atoms with Crippen molar-refractivity contribution in [1.29, 1.82) is 0 Å². The first-order valence-corrected chi connectivity index (χ1v) is 8.74. The normalized spacial score (nSPS) is 13.0. The molecule has 1 unspecified atom stereocenters. The van der Waals surface area contributed by atoms with Crippen LogP contribution in [-0.2, 0) is 23.2 Å². The van der Waals surface area contributed by atoms with E-state index in [2.05, 4.69) is 35.4 Å². The van der Waals surface area contributed by atoms with E-state index < -0.39 is 5.54 Å². The van der Waals surface area contributed by atoms with E-state index in [0.717, 1.165) is 18.4 Å². The van der Waals surface area contributed by atoms with Crippen LogP contribution in [-0.4, -0.2) is 17.4 Å². The Labute approximate surface area is 160 Å². The zero-order valence-corrected chi connectivity index (χ0v) is 16.0. The molecule has 4 nitrogen and oxygen atoms in total. The van der Waals surface area contributed by atoms with Gasteiger partial charge in [0.05, 0.1) is 0 Å². The van der Waals surface area contributed by atoms with Crippen molar-refractivity contribution in [2.45, 2.75) is 32.2 Å². The number of aromatic nitrogens is 1. The molecule has 1 heterocycles.